The van der Waals surface area contributed by atoms with Crippen molar-refractivity contribution in [3.05, 3.63) is 17.8 Å². The van der Waals surface area contributed by atoms with E-state index in [9.17, 15) is 13.2 Å². The molecule has 0 saturated carbocycles. The topological polar surface area (TPSA) is 138 Å². The fourth-order valence-corrected chi connectivity index (χ4v) is 5.17. The number of carbonyl (C=O) groups excluding carboxylic acids is 1. The Bertz CT molecular complexity index is 923. The van der Waals surface area contributed by atoms with E-state index in [1.165, 1.54) is 0 Å². The lowest BCUT2D eigenvalue weighted by Gasteiger charge is -2.10. The van der Waals surface area contributed by atoms with Gasteiger partial charge in [-0.05, 0) is 6.42 Å². The number of nitrogens with zero attached hydrogens (tertiary/aromatic N) is 5. The highest BCUT2D eigenvalue weighted by Crippen LogP contribution is 2.28. The van der Waals surface area contributed by atoms with Gasteiger partial charge in [-0.3, -0.25) is 4.79 Å². The number of carbonyl (C=O) groups is 1. The first kappa shape index (κ1) is 17.2. The SMILES string of the molecule is NC(=O)Cc1nc(-c2cn3c(n2)CCNCC3)n(C2CCS(=O)(=O)C2)n1. The Morgan fingerprint density at radius 2 is 2.19 bits per heavy atom. The minimum absolute atomic E-state index is 0.0247. The minimum atomic E-state index is -3.08. The summed E-state index contributed by atoms with van der Waals surface area (Å²) in [5, 5.41) is 7.70. The van der Waals surface area contributed by atoms with Crippen molar-refractivity contribution in [2.75, 3.05) is 24.6 Å². The van der Waals surface area contributed by atoms with Crippen molar-refractivity contribution in [1.29, 1.82) is 0 Å². The van der Waals surface area contributed by atoms with Gasteiger partial charge >= 0.3 is 0 Å². The Kier molecular flexibility index (Phi) is 4.27. The Hall–Kier alpha value is -2.27. The van der Waals surface area contributed by atoms with E-state index in [4.69, 9.17) is 5.73 Å². The maximum absolute atomic E-state index is 11.9. The van der Waals surface area contributed by atoms with Crippen LogP contribution in [0.5, 0.6) is 0 Å². The number of nitrogens with one attached hydrogen (secondary N) is 1. The number of fused-ring (bicyclic) bond motifs is 1. The normalized spacial score (nSPS) is 22.1. The van der Waals surface area contributed by atoms with E-state index < -0.39 is 15.7 Å². The molecule has 2 aromatic rings. The lowest BCUT2D eigenvalue weighted by Crippen LogP contribution is -2.17. The zero-order valence-electron chi connectivity index (χ0n) is 14.3. The third-order valence-corrected chi connectivity index (χ3v) is 6.46. The van der Waals surface area contributed by atoms with Crippen LogP contribution in [0.2, 0.25) is 0 Å². The first-order valence-corrected chi connectivity index (χ1v) is 10.4. The van der Waals surface area contributed by atoms with Gasteiger partial charge in [-0.25, -0.2) is 23.1 Å². The van der Waals surface area contributed by atoms with Gasteiger partial charge in [-0.1, -0.05) is 0 Å². The smallest absolute Gasteiger partial charge is 0.225 e. The number of hydrogen-bond acceptors (Lipinski definition) is 7. The summed E-state index contributed by atoms with van der Waals surface area (Å²) < 4.78 is 27.5. The second kappa shape index (κ2) is 6.47. The summed E-state index contributed by atoms with van der Waals surface area (Å²) in [6, 6.07) is -0.299. The Labute approximate surface area is 150 Å². The molecule has 1 fully saturated rings. The lowest BCUT2D eigenvalue weighted by molar-refractivity contribution is -0.117. The highest BCUT2D eigenvalue weighted by molar-refractivity contribution is 7.91. The highest BCUT2D eigenvalue weighted by atomic mass is 32.2. The van der Waals surface area contributed by atoms with E-state index in [2.05, 4.69) is 25.0 Å². The maximum atomic E-state index is 11.9. The molecule has 0 bridgehead atoms. The summed E-state index contributed by atoms with van der Waals surface area (Å²) >= 11 is 0. The fourth-order valence-electron chi connectivity index (χ4n) is 3.48. The van der Waals surface area contributed by atoms with Gasteiger partial charge in [0.25, 0.3) is 0 Å². The quantitative estimate of drug-likeness (QED) is 0.671. The van der Waals surface area contributed by atoms with Crippen molar-refractivity contribution < 1.29 is 13.2 Å². The molecule has 2 aliphatic heterocycles. The molecule has 1 atom stereocenters. The number of aromatic nitrogens is 5. The van der Waals surface area contributed by atoms with Crippen molar-refractivity contribution in [3.8, 4) is 11.5 Å². The van der Waals surface area contributed by atoms with Gasteiger partial charge in [0.15, 0.2) is 21.5 Å². The second-order valence-electron chi connectivity index (χ2n) is 6.73. The summed E-state index contributed by atoms with van der Waals surface area (Å²) in [6.45, 7) is 2.53. The van der Waals surface area contributed by atoms with E-state index in [-0.39, 0.29) is 24.0 Å². The molecule has 1 amide bonds. The fraction of sp³-hybridized carbons (Fsp3) is 0.600. The highest BCUT2D eigenvalue weighted by Gasteiger charge is 2.33. The largest absolute Gasteiger partial charge is 0.369 e. The van der Waals surface area contributed by atoms with Crippen LogP contribution in [-0.4, -0.2) is 63.2 Å². The summed E-state index contributed by atoms with van der Waals surface area (Å²) in [7, 11) is -3.08. The molecule has 1 saturated heterocycles. The van der Waals surface area contributed by atoms with Crippen LogP contribution in [0.3, 0.4) is 0 Å². The zero-order valence-corrected chi connectivity index (χ0v) is 15.1. The van der Waals surface area contributed by atoms with Crippen molar-refractivity contribution >= 4 is 15.7 Å². The number of imidazole rings is 1. The molecule has 0 aromatic carbocycles. The molecule has 11 heteroatoms. The van der Waals surface area contributed by atoms with Crippen LogP contribution in [0, 0.1) is 0 Å². The molecule has 2 aliphatic rings. The van der Waals surface area contributed by atoms with Crippen LogP contribution in [0.1, 0.15) is 24.1 Å². The van der Waals surface area contributed by atoms with Crippen molar-refractivity contribution in [1.82, 2.24) is 29.6 Å². The first-order chi connectivity index (χ1) is 12.4. The van der Waals surface area contributed by atoms with E-state index in [0.29, 0.717) is 23.8 Å². The van der Waals surface area contributed by atoms with E-state index in [1.807, 2.05) is 6.20 Å². The van der Waals surface area contributed by atoms with Gasteiger partial charge in [-0.2, -0.15) is 5.10 Å². The zero-order chi connectivity index (χ0) is 18.3. The number of nitrogens with two attached hydrogens (primary N) is 1. The molecule has 4 rings (SSSR count). The molecule has 1 unspecified atom stereocenters. The summed E-state index contributed by atoms with van der Waals surface area (Å²) in [5.74, 6) is 1.37. The van der Waals surface area contributed by atoms with Gasteiger partial charge in [0.2, 0.25) is 5.91 Å². The van der Waals surface area contributed by atoms with E-state index in [1.54, 1.807) is 4.68 Å². The Balaban J connectivity index is 1.74. The summed E-state index contributed by atoms with van der Waals surface area (Å²) in [5.41, 5.74) is 5.91. The molecule has 140 valence electrons. The molecule has 2 aromatic heterocycles. The van der Waals surface area contributed by atoms with E-state index in [0.717, 1.165) is 31.9 Å². The van der Waals surface area contributed by atoms with Crippen LogP contribution >= 0.6 is 0 Å². The van der Waals surface area contributed by atoms with Crippen LogP contribution in [0.25, 0.3) is 11.5 Å². The van der Waals surface area contributed by atoms with Crippen molar-refractivity contribution in [2.24, 2.45) is 5.73 Å². The van der Waals surface area contributed by atoms with Crippen LogP contribution in [-0.2, 0) is 34.0 Å². The molecule has 3 N–H and O–H groups in total. The van der Waals surface area contributed by atoms with Gasteiger partial charge in [0, 0.05) is 32.3 Å². The third kappa shape index (κ3) is 3.36. The van der Waals surface area contributed by atoms with Crippen molar-refractivity contribution in [3.63, 3.8) is 0 Å². The molecular weight excluding hydrogens is 358 g/mol. The average molecular weight is 379 g/mol. The molecular formula is C15H21N7O3S. The van der Waals surface area contributed by atoms with Crippen molar-refractivity contribution in [2.45, 2.75) is 31.8 Å². The third-order valence-electron chi connectivity index (χ3n) is 4.70. The second-order valence-corrected chi connectivity index (χ2v) is 8.96. The Morgan fingerprint density at radius 1 is 1.35 bits per heavy atom. The first-order valence-electron chi connectivity index (χ1n) is 8.62. The summed E-state index contributed by atoms with van der Waals surface area (Å²) in [4.78, 5) is 20.4. The monoisotopic (exact) mass is 379 g/mol. The molecule has 0 aliphatic carbocycles. The van der Waals surface area contributed by atoms with Crippen LogP contribution in [0.4, 0.5) is 0 Å². The predicted octanol–water partition coefficient (Wildman–Crippen LogP) is -1.33. The molecule has 4 heterocycles. The standard InChI is InChI=1S/C15H21N7O3S/c16-12(23)7-13-19-15(22(20-13)10-2-6-26(24,25)9-10)11-8-21-5-4-17-3-1-14(21)18-11/h8,10,17H,1-7,9H2,(H2,16,23). The Morgan fingerprint density at radius 3 is 2.92 bits per heavy atom. The molecule has 10 nitrogen and oxygen atoms in total. The number of sulfone groups is 1. The minimum Gasteiger partial charge on any atom is -0.369 e. The molecule has 0 spiro atoms. The number of hydrogen-bond donors (Lipinski definition) is 2. The number of amides is 1. The van der Waals surface area contributed by atoms with Crippen LogP contribution < -0.4 is 11.1 Å². The van der Waals surface area contributed by atoms with Gasteiger partial charge in [-0.15, -0.1) is 0 Å². The average Bonchev–Trinajstić information content (AvgIpc) is 3.20. The summed E-state index contributed by atoms with van der Waals surface area (Å²) in [6.07, 6.45) is 3.11. The van der Waals surface area contributed by atoms with Crippen LogP contribution in [0.15, 0.2) is 6.20 Å². The lowest BCUT2D eigenvalue weighted by atomic mass is 10.2. The van der Waals surface area contributed by atoms with Gasteiger partial charge < -0.3 is 15.6 Å². The predicted molar refractivity (Wildman–Crippen MR) is 93.0 cm³/mol. The van der Waals surface area contributed by atoms with Gasteiger partial charge in [0.05, 0.1) is 24.0 Å². The molecule has 26 heavy (non-hydrogen) atoms. The van der Waals surface area contributed by atoms with Gasteiger partial charge in [0.1, 0.15) is 11.5 Å². The molecule has 0 radical (unpaired) electrons. The number of primary amides is 1. The van der Waals surface area contributed by atoms with E-state index >= 15 is 0 Å². The number of rotatable bonds is 4. The maximum Gasteiger partial charge on any atom is 0.225 e.